The fourth-order valence-corrected chi connectivity index (χ4v) is 0.967. The number of ketones is 1. The minimum absolute atomic E-state index is 0.104. The summed E-state index contributed by atoms with van der Waals surface area (Å²) in [7, 11) is 1.90. The van der Waals surface area contributed by atoms with Gasteiger partial charge >= 0.3 is 0 Å². The first-order valence-electron chi connectivity index (χ1n) is 4.00. The molecule has 0 bridgehead atoms. The molecule has 0 aromatic carbocycles. The SMILES string of the molecule is C/C=C\C(CCNC)C(C)=O. The van der Waals surface area contributed by atoms with Crippen LogP contribution in [0.3, 0.4) is 0 Å². The zero-order valence-electron chi connectivity index (χ0n) is 7.55. The summed E-state index contributed by atoms with van der Waals surface area (Å²) in [6.07, 6.45) is 4.79. The molecule has 0 aliphatic rings. The molecule has 0 amide bonds. The van der Waals surface area contributed by atoms with Crippen molar-refractivity contribution >= 4 is 5.78 Å². The lowest BCUT2D eigenvalue weighted by Crippen LogP contribution is -2.16. The molecule has 2 nitrogen and oxygen atoms in total. The molecule has 0 radical (unpaired) electrons. The van der Waals surface area contributed by atoms with Crippen LogP contribution in [0.25, 0.3) is 0 Å². The molecule has 1 unspecified atom stereocenters. The third-order valence-corrected chi connectivity index (χ3v) is 1.65. The third-order valence-electron chi connectivity index (χ3n) is 1.65. The first kappa shape index (κ1) is 10.4. The average molecular weight is 155 g/mol. The maximum Gasteiger partial charge on any atom is 0.136 e. The lowest BCUT2D eigenvalue weighted by molar-refractivity contribution is -0.119. The molecule has 0 heterocycles. The Labute approximate surface area is 68.7 Å². The van der Waals surface area contributed by atoms with Crippen molar-refractivity contribution in [1.82, 2.24) is 5.32 Å². The molecular formula is C9H17NO. The molecule has 0 fully saturated rings. The second-order valence-corrected chi connectivity index (χ2v) is 2.64. The maximum absolute atomic E-state index is 11.0. The minimum atomic E-state index is 0.104. The first-order chi connectivity index (χ1) is 5.22. The molecule has 2 heteroatoms. The summed E-state index contributed by atoms with van der Waals surface area (Å²) < 4.78 is 0. The minimum Gasteiger partial charge on any atom is -0.320 e. The number of Topliss-reactive ketones (excluding diaryl/α,β-unsaturated/α-hetero) is 1. The zero-order valence-corrected chi connectivity index (χ0v) is 7.55. The van der Waals surface area contributed by atoms with E-state index in [1.165, 1.54) is 0 Å². The van der Waals surface area contributed by atoms with Crippen LogP contribution in [0.5, 0.6) is 0 Å². The number of allylic oxidation sites excluding steroid dienone is 2. The lowest BCUT2D eigenvalue weighted by atomic mass is 10.0. The molecule has 0 rings (SSSR count). The van der Waals surface area contributed by atoms with Crippen molar-refractivity contribution in [3.05, 3.63) is 12.2 Å². The summed E-state index contributed by atoms with van der Waals surface area (Å²) in [4.78, 5) is 11.0. The van der Waals surface area contributed by atoms with E-state index < -0.39 is 0 Å². The molecule has 0 aromatic rings. The van der Waals surface area contributed by atoms with Crippen LogP contribution in [0.1, 0.15) is 20.3 Å². The Morgan fingerprint density at radius 2 is 2.27 bits per heavy atom. The van der Waals surface area contributed by atoms with Gasteiger partial charge in [-0.2, -0.15) is 0 Å². The van der Waals surface area contributed by atoms with Crippen molar-refractivity contribution in [1.29, 1.82) is 0 Å². The standard InChI is InChI=1S/C9H17NO/c1-4-5-9(8(2)11)6-7-10-3/h4-5,9-10H,6-7H2,1-3H3/b5-4-. The topological polar surface area (TPSA) is 29.1 Å². The molecule has 64 valence electrons. The van der Waals surface area contributed by atoms with Gasteiger partial charge in [0.25, 0.3) is 0 Å². The van der Waals surface area contributed by atoms with Crippen LogP contribution in [0.15, 0.2) is 12.2 Å². The summed E-state index contributed by atoms with van der Waals surface area (Å²) in [5.74, 6) is 0.353. The molecule has 0 aliphatic heterocycles. The Morgan fingerprint density at radius 1 is 1.64 bits per heavy atom. The monoisotopic (exact) mass is 155 g/mol. The van der Waals surface area contributed by atoms with Gasteiger partial charge in [0.2, 0.25) is 0 Å². The van der Waals surface area contributed by atoms with Gasteiger partial charge < -0.3 is 5.32 Å². The largest absolute Gasteiger partial charge is 0.320 e. The summed E-state index contributed by atoms with van der Waals surface area (Å²) in [5, 5.41) is 3.03. The van der Waals surface area contributed by atoms with Crippen molar-refractivity contribution < 1.29 is 4.79 Å². The predicted octanol–water partition coefficient (Wildman–Crippen LogP) is 1.38. The Balaban J connectivity index is 3.79. The first-order valence-corrected chi connectivity index (χ1v) is 4.00. The van der Waals surface area contributed by atoms with Gasteiger partial charge in [0, 0.05) is 5.92 Å². The molecule has 0 spiro atoms. The van der Waals surface area contributed by atoms with Crippen molar-refractivity contribution in [3.8, 4) is 0 Å². The average Bonchev–Trinajstić information content (AvgIpc) is 1.97. The van der Waals surface area contributed by atoms with Crippen molar-refractivity contribution in [2.45, 2.75) is 20.3 Å². The quantitative estimate of drug-likeness (QED) is 0.608. The van der Waals surface area contributed by atoms with E-state index in [-0.39, 0.29) is 11.7 Å². The van der Waals surface area contributed by atoms with E-state index >= 15 is 0 Å². The maximum atomic E-state index is 11.0. The van der Waals surface area contributed by atoms with Crippen LogP contribution in [-0.4, -0.2) is 19.4 Å². The molecule has 1 atom stereocenters. The van der Waals surface area contributed by atoms with E-state index in [4.69, 9.17) is 0 Å². The second kappa shape index (κ2) is 6.10. The lowest BCUT2D eigenvalue weighted by Gasteiger charge is -2.07. The molecule has 1 N–H and O–H groups in total. The van der Waals surface area contributed by atoms with Gasteiger partial charge in [0.1, 0.15) is 5.78 Å². The molecule has 0 saturated carbocycles. The Hall–Kier alpha value is -0.630. The summed E-state index contributed by atoms with van der Waals surface area (Å²) in [6, 6.07) is 0. The second-order valence-electron chi connectivity index (χ2n) is 2.64. The van der Waals surface area contributed by atoms with Crippen LogP contribution >= 0.6 is 0 Å². The zero-order chi connectivity index (χ0) is 8.69. The molecule has 0 aliphatic carbocycles. The van der Waals surface area contributed by atoms with Crippen LogP contribution in [0.2, 0.25) is 0 Å². The van der Waals surface area contributed by atoms with E-state index in [2.05, 4.69) is 5.32 Å². The van der Waals surface area contributed by atoms with Gasteiger partial charge in [-0.05, 0) is 33.9 Å². The van der Waals surface area contributed by atoms with Gasteiger partial charge in [-0.25, -0.2) is 0 Å². The van der Waals surface area contributed by atoms with Gasteiger partial charge in [0.05, 0.1) is 0 Å². The number of nitrogens with one attached hydrogen (secondary N) is 1. The number of carbonyl (C=O) groups excluding carboxylic acids is 1. The number of hydrogen-bond donors (Lipinski definition) is 1. The van der Waals surface area contributed by atoms with Crippen molar-refractivity contribution in [2.24, 2.45) is 5.92 Å². The Kier molecular flexibility index (Phi) is 5.75. The molecule has 0 saturated heterocycles. The Morgan fingerprint density at radius 3 is 2.64 bits per heavy atom. The molecular weight excluding hydrogens is 138 g/mol. The third kappa shape index (κ3) is 4.73. The van der Waals surface area contributed by atoms with Gasteiger partial charge in [-0.3, -0.25) is 4.79 Å². The number of hydrogen-bond acceptors (Lipinski definition) is 2. The number of carbonyl (C=O) groups is 1. The summed E-state index contributed by atoms with van der Waals surface area (Å²) >= 11 is 0. The molecule has 11 heavy (non-hydrogen) atoms. The van der Waals surface area contributed by atoms with Crippen molar-refractivity contribution in [2.75, 3.05) is 13.6 Å². The van der Waals surface area contributed by atoms with Gasteiger partial charge in [0.15, 0.2) is 0 Å². The smallest absolute Gasteiger partial charge is 0.136 e. The van der Waals surface area contributed by atoms with E-state index in [9.17, 15) is 4.79 Å². The van der Waals surface area contributed by atoms with Crippen LogP contribution in [0, 0.1) is 5.92 Å². The normalized spacial score (nSPS) is 13.7. The van der Waals surface area contributed by atoms with Crippen molar-refractivity contribution in [3.63, 3.8) is 0 Å². The van der Waals surface area contributed by atoms with Crippen LogP contribution in [-0.2, 0) is 4.79 Å². The highest BCUT2D eigenvalue weighted by molar-refractivity contribution is 5.79. The van der Waals surface area contributed by atoms with E-state index in [1.54, 1.807) is 6.92 Å². The van der Waals surface area contributed by atoms with Crippen LogP contribution in [0.4, 0.5) is 0 Å². The van der Waals surface area contributed by atoms with Gasteiger partial charge in [-0.1, -0.05) is 12.2 Å². The highest BCUT2D eigenvalue weighted by atomic mass is 16.1. The highest BCUT2D eigenvalue weighted by Crippen LogP contribution is 2.05. The summed E-state index contributed by atoms with van der Waals surface area (Å²) in [5.41, 5.74) is 0. The van der Waals surface area contributed by atoms with E-state index in [0.29, 0.717) is 0 Å². The molecule has 0 aromatic heterocycles. The van der Waals surface area contributed by atoms with E-state index in [0.717, 1.165) is 13.0 Å². The Bertz CT molecular complexity index is 140. The number of rotatable bonds is 5. The van der Waals surface area contributed by atoms with Crippen LogP contribution < -0.4 is 5.32 Å². The fraction of sp³-hybridized carbons (Fsp3) is 0.667. The highest BCUT2D eigenvalue weighted by Gasteiger charge is 2.07. The van der Waals surface area contributed by atoms with Gasteiger partial charge in [-0.15, -0.1) is 0 Å². The van der Waals surface area contributed by atoms with E-state index in [1.807, 2.05) is 26.1 Å². The predicted molar refractivity (Wildman–Crippen MR) is 47.5 cm³/mol. The fourth-order valence-electron chi connectivity index (χ4n) is 0.967. The summed E-state index contributed by atoms with van der Waals surface area (Å²) in [6.45, 7) is 4.48.